The molecule has 4 rings (SSSR count). The second kappa shape index (κ2) is 7.94. The number of hydrogen-bond donors (Lipinski definition) is 1. The third-order valence-corrected chi connectivity index (χ3v) is 5.88. The summed E-state index contributed by atoms with van der Waals surface area (Å²) in [5, 5.41) is 10.7. The van der Waals surface area contributed by atoms with Gasteiger partial charge in [0.1, 0.15) is 11.9 Å². The molecule has 1 aliphatic carbocycles. The fraction of sp³-hybridized carbons (Fsp3) is 0.524. The number of fused-ring (bicyclic) bond motifs is 1. The number of nitrogens with zero attached hydrogens (tertiary/aromatic N) is 4. The van der Waals surface area contributed by atoms with Crippen LogP contribution in [0.5, 0.6) is 5.75 Å². The van der Waals surface area contributed by atoms with E-state index in [4.69, 9.17) is 4.74 Å². The highest BCUT2D eigenvalue weighted by atomic mass is 16.5. The largest absolute Gasteiger partial charge is 0.486 e. The van der Waals surface area contributed by atoms with Crippen molar-refractivity contribution < 1.29 is 19.4 Å². The van der Waals surface area contributed by atoms with Crippen molar-refractivity contribution in [1.29, 1.82) is 0 Å². The summed E-state index contributed by atoms with van der Waals surface area (Å²) in [6, 6.07) is 3.85. The highest BCUT2D eigenvalue weighted by Crippen LogP contribution is 2.39. The summed E-state index contributed by atoms with van der Waals surface area (Å²) in [5.74, 6) is 1.64. The van der Waals surface area contributed by atoms with Crippen LogP contribution in [0.15, 0.2) is 24.5 Å². The molecule has 1 aliphatic heterocycles. The lowest BCUT2D eigenvalue weighted by molar-refractivity contribution is -0.0236. The maximum Gasteiger partial charge on any atom is 0.341 e. The third-order valence-electron chi connectivity index (χ3n) is 5.88. The fourth-order valence-electron chi connectivity index (χ4n) is 4.35. The van der Waals surface area contributed by atoms with Crippen molar-refractivity contribution in [3.8, 4) is 5.75 Å². The Bertz CT molecular complexity index is 889. The molecular formula is C21H26N4O4. The first kappa shape index (κ1) is 19.6. The minimum atomic E-state index is -0.514. The lowest BCUT2D eigenvalue weighted by Crippen LogP contribution is -2.42. The number of aliphatic hydroxyl groups excluding tert-OH is 1. The summed E-state index contributed by atoms with van der Waals surface area (Å²) in [5.41, 5.74) is 2.12. The van der Waals surface area contributed by atoms with Crippen molar-refractivity contribution in [2.24, 2.45) is 11.8 Å². The van der Waals surface area contributed by atoms with Gasteiger partial charge in [-0.1, -0.05) is 0 Å². The van der Waals surface area contributed by atoms with Crippen molar-refractivity contribution in [2.75, 3.05) is 25.1 Å². The Morgan fingerprint density at radius 2 is 1.83 bits per heavy atom. The number of pyridine rings is 1. The number of aromatic nitrogens is 3. The number of carbonyl (C=O) groups is 1. The second-order valence-corrected chi connectivity index (χ2v) is 7.92. The summed E-state index contributed by atoms with van der Waals surface area (Å²) >= 11 is 0. The number of ether oxygens (including phenoxy) is 2. The zero-order valence-electron chi connectivity index (χ0n) is 16.9. The Morgan fingerprint density at radius 1 is 1.14 bits per heavy atom. The number of methoxy groups -OCH3 is 1. The van der Waals surface area contributed by atoms with Crippen LogP contribution in [0.4, 0.5) is 5.95 Å². The average molecular weight is 398 g/mol. The number of carbonyl (C=O) groups excluding carboxylic acids is 1. The highest BCUT2D eigenvalue weighted by molar-refractivity contribution is 5.88. The lowest BCUT2D eigenvalue weighted by Gasteiger charge is -2.35. The van der Waals surface area contributed by atoms with Gasteiger partial charge in [-0.15, -0.1) is 0 Å². The second-order valence-electron chi connectivity index (χ2n) is 7.92. The maximum absolute atomic E-state index is 11.6. The van der Waals surface area contributed by atoms with E-state index in [9.17, 15) is 9.90 Å². The van der Waals surface area contributed by atoms with Crippen LogP contribution >= 0.6 is 0 Å². The van der Waals surface area contributed by atoms with Gasteiger partial charge in [-0.2, -0.15) is 0 Å². The topological polar surface area (TPSA) is 97.7 Å². The van der Waals surface area contributed by atoms with Gasteiger partial charge in [0.15, 0.2) is 0 Å². The third kappa shape index (κ3) is 4.03. The van der Waals surface area contributed by atoms with E-state index >= 15 is 0 Å². The first-order valence-electron chi connectivity index (χ1n) is 9.89. The van der Waals surface area contributed by atoms with E-state index in [-0.39, 0.29) is 6.10 Å². The van der Waals surface area contributed by atoms with Crippen LogP contribution in [0, 0.1) is 25.7 Å². The van der Waals surface area contributed by atoms with E-state index in [1.807, 2.05) is 26.0 Å². The molecule has 1 N–H and O–H groups in total. The molecule has 29 heavy (non-hydrogen) atoms. The molecule has 3 heterocycles. The summed E-state index contributed by atoms with van der Waals surface area (Å²) in [6.45, 7) is 5.47. The van der Waals surface area contributed by atoms with Crippen molar-refractivity contribution >= 4 is 11.9 Å². The number of aryl methyl sites for hydroxylation is 2. The number of anilines is 1. The van der Waals surface area contributed by atoms with Crippen LogP contribution in [0.1, 0.15) is 34.6 Å². The van der Waals surface area contributed by atoms with E-state index in [1.54, 1.807) is 0 Å². The Morgan fingerprint density at radius 3 is 2.48 bits per heavy atom. The Hall–Kier alpha value is -2.74. The molecule has 0 aromatic carbocycles. The first-order valence-corrected chi connectivity index (χ1v) is 9.89. The van der Waals surface area contributed by atoms with E-state index in [1.165, 1.54) is 19.5 Å². The van der Waals surface area contributed by atoms with Gasteiger partial charge in [-0.25, -0.2) is 14.8 Å². The summed E-state index contributed by atoms with van der Waals surface area (Å²) in [4.78, 5) is 26.8. The molecule has 1 saturated carbocycles. The van der Waals surface area contributed by atoms with Crippen molar-refractivity contribution in [3.05, 3.63) is 41.5 Å². The normalized spacial score (nSPS) is 26.1. The molecule has 0 unspecified atom stereocenters. The average Bonchev–Trinajstić information content (AvgIpc) is 3.12. The van der Waals surface area contributed by atoms with E-state index < -0.39 is 12.1 Å². The number of hydrogen-bond acceptors (Lipinski definition) is 8. The SMILES string of the molecule is COC(=O)c1cnc(N2C[C@H]3C[C@@H](Oc4ccc(C)nc4C)[C@H](O)C[C@H]3C2)nc1. The van der Waals surface area contributed by atoms with E-state index in [2.05, 4.69) is 24.6 Å². The highest BCUT2D eigenvalue weighted by Gasteiger charge is 2.43. The monoisotopic (exact) mass is 398 g/mol. The molecule has 2 aliphatic rings. The first-order chi connectivity index (χ1) is 13.9. The van der Waals surface area contributed by atoms with Gasteiger partial charge < -0.3 is 19.5 Å². The van der Waals surface area contributed by atoms with Gasteiger partial charge in [0.25, 0.3) is 0 Å². The number of aliphatic hydroxyl groups is 1. The molecule has 0 bridgehead atoms. The molecule has 2 fully saturated rings. The maximum atomic E-state index is 11.6. The summed E-state index contributed by atoms with van der Waals surface area (Å²) in [7, 11) is 1.33. The quantitative estimate of drug-likeness (QED) is 0.781. The van der Waals surface area contributed by atoms with E-state index in [0.29, 0.717) is 29.8 Å². The van der Waals surface area contributed by atoms with Crippen molar-refractivity contribution in [2.45, 2.75) is 38.9 Å². The molecule has 8 heteroatoms. The van der Waals surface area contributed by atoms with Gasteiger partial charge in [0.2, 0.25) is 5.95 Å². The lowest BCUT2D eigenvalue weighted by atomic mass is 9.78. The fourth-order valence-corrected chi connectivity index (χ4v) is 4.35. The summed E-state index contributed by atoms with van der Waals surface area (Å²) in [6.07, 6.45) is 3.68. The molecule has 0 spiro atoms. The van der Waals surface area contributed by atoms with Gasteiger partial charge in [0.05, 0.1) is 24.5 Å². The van der Waals surface area contributed by atoms with E-state index in [0.717, 1.165) is 36.6 Å². The Labute approximate surface area is 169 Å². The number of esters is 1. The Balaban J connectivity index is 1.42. The zero-order valence-corrected chi connectivity index (χ0v) is 16.9. The molecule has 1 saturated heterocycles. The molecule has 0 radical (unpaired) electrons. The standard InChI is InChI=1S/C21H26N4O4/c1-12-4-5-18(13(2)24-12)29-19-7-15-11-25(10-14(15)6-17(19)26)21-22-8-16(9-23-21)20(27)28-3/h4-5,8-9,14-15,17,19,26H,6-7,10-11H2,1-3H3/t14-,15+,17+,19+/m0/s1. The minimum Gasteiger partial charge on any atom is -0.486 e. The zero-order chi connectivity index (χ0) is 20.5. The van der Waals surface area contributed by atoms with Crippen LogP contribution in [0.2, 0.25) is 0 Å². The van der Waals surface area contributed by atoms with Gasteiger partial charge in [-0.3, -0.25) is 4.98 Å². The molecule has 2 aromatic heterocycles. The molecule has 154 valence electrons. The molecule has 8 nitrogen and oxygen atoms in total. The molecule has 2 aromatic rings. The predicted octanol–water partition coefficient (Wildman–Crippen LogP) is 1.93. The Kier molecular flexibility index (Phi) is 5.36. The smallest absolute Gasteiger partial charge is 0.341 e. The van der Waals surface area contributed by atoms with Crippen LogP contribution in [-0.4, -0.2) is 58.4 Å². The van der Waals surface area contributed by atoms with Gasteiger partial charge in [-0.05, 0) is 50.7 Å². The predicted molar refractivity (Wildman–Crippen MR) is 106 cm³/mol. The van der Waals surface area contributed by atoms with Crippen LogP contribution in [0.3, 0.4) is 0 Å². The van der Waals surface area contributed by atoms with Crippen molar-refractivity contribution in [3.63, 3.8) is 0 Å². The number of rotatable bonds is 4. The van der Waals surface area contributed by atoms with Crippen LogP contribution in [0.25, 0.3) is 0 Å². The van der Waals surface area contributed by atoms with Crippen molar-refractivity contribution in [1.82, 2.24) is 15.0 Å². The summed E-state index contributed by atoms with van der Waals surface area (Å²) < 4.78 is 10.8. The van der Waals surface area contributed by atoms with Gasteiger partial charge in [0, 0.05) is 31.2 Å². The molecule has 4 atom stereocenters. The van der Waals surface area contributed by atoms with Crippen LogP contribution in [-0.2, 0) is 4.74 Å². The molecular weight excluding hydrogens is 372 g/mol. The van der Waals surface area contributed by atoms with Crippen LogP contribution < -0.4 is 9.64 Å². The minimum absolute atomic E-state index is 0.248. The van der Waals surface area contributed by atoms with Gasteiger partial charge >= 0.3 is 5.97 Å². The molecule has 0 amide bonds.